The Balaban J connectivity index is 3.43. The maximum atomic E-state index is 10.8. The van der Waals surface area contributed by atoms with Crippen LogP contribution in [-0.4, -0.2) is 10.8 Å². The Bertz CT molecular complexity index is 420. The molecule has 0 fully saturated rings. The monoisotopic (exact) mass is 322 g/mol. The van der Waals surface area contributed by atoms with Gasteiger partial charge in [-0.25, -0.2) is 0 Å². The smallest absolute Gasteiger partial charge is 0.285 e. The molecule has 0 radical (unpaired) electrons. The van der Waals surface area contributed by atoms with Gasteiger partial charge < -0.3 is 5.73 Å². The third kappa shape index (κ3) is 2.10. The van der Waals surface area contributed by atoms with Crippen molar-refractivity contribution in [2.24, 2.45) is 5.73 Å². The van der Waals surface area contributed by atoms with E-state index in [-0.39, 0.29) is 15.7 Å². The second-order valence-corrected chi connectivity index (χ2v) is 4.06. The SMILES string of the molecule is NC(=O)c1cc(Br)c(Br)c([N+](=O)[O-])c1. The van der Waals surface area contributed by atoms with Crippen LogP contribution in [0.2, 0.25) is 0 Å². The van der Waals surface area contributed by atoms with Gasteiger partial charge in [0.15, 0.2) is 0 Å². The summed E-state index contributed by atoms with van der Waals surface area (Å²) >= 11 is 6.10. The van der Waals surface area contributed by atoms with Crippen LogP contribution in [0.5, 0.6) is 0 Å². The first-order valence-electron chi connectivity index (χ1n) is 3.36. The molecule has 0 aliphatic rings. The highest BCUT2D eigenvalue weighted by molar-refractivity contribution is 9.13. The third-order valence-corrected chi connectivity index (χ3v) is 3.48. The number of hydrogen-bond donors (Lipinski definition) is 1. The number of carbonyl (C=O) groups is 1. The topological polar surface area (TPSA) is 86.2 Å². The molecule has 1 amide bonds. The van der Waals surface area contributed by atoms with Crippen molar-refractivity contribution in [2.75, 3.05) is 0 Å². The van der Waals surface area contributed by atoms with E-state index >= 15 is 0 Å². The molecular formula is C7H4Br2N2O3. The van der Waals surface area contributed by atoms with Crippen LogP contribution < -0.4 is 5.73 Å². The molecule has 0 aromatic heterocycles. The van der Waals surface area contributed by atoms with Crippen LogP contribution in [0.4, 0.5) is 5.69 Å². The second kappa shape index (κ2) is 4.05. The van der Waals surface area contributed by atoms with E-state index < -0.39 is 10.8 Å². The normalized spacial score (nSPS) is 9.86. The number of nitro benzene ring substituents is 1. The van der Waals surface area contributed by atoms with Crippen LogP contribution in [-0.2, 0) is 0 Å². The maximum absolute atomic E-state index is 10.8. The maximum Gasteiger partial charge on any atom is 0.285 e. The quantitative estimate of drug-likeness (QED) is 0.668. The summed E-state index contributed by atoms with van der Waals surface area (Å²) in [6, 6.07) is 2.54. The van der Waals surface area contributed by atoms with Gasteiger partial charge in [-0.15, -0.1) is 0 Å². The zero-order valence-corrected chi connectivity index (χ0v) is 9.83. The molecule has 0 unspecified atom stereocenters. The summed E-state index contributed by atoms with van der Waals surface area (Å²) < 4.78 is 0.702. The van der Waals surface area contributed by atoms with Crippen LogP contribution in [0.3, 0.4) is 0 Å². The number of nitrogens with zero attached hydrogens (tertiary/aromatic N) is 1. The molecule has 1 aromatic rings. The summed E-state index contributed by atoms with van der Waals surface area (Å²) in [5.74, 6) is -0.707. The van der Waals surface area contributed by atoms with Gasteiger partial charge in [-0.2, -0.15) is 0 Å². The molecule has 0 heterocycles. The van der Waals surface area contributed by atoms with Crippen LogP contribution in [0.1, 0.15) is 10.4 Å². The molecule has 2 N–H and O–H groups in total. The summed E-state index contributed by atoms with van der Waals surface area (Å²) in [6.45, 7) is 0. The second-order valence-electron chi connectivity index (χ2n) is 2.41. The van der Waals surface area contributed by atoms with Crippen molar-refractivity contribution in [3.63, 3.8) is 0 Å². The number of amides is 1. The lowest BCUT2D eigenvalue weighted by molar-refractivity contribution is -0.385. The third-order valence-electron chi connectivity index (χ3n) is 1.49. The van der Waals surface area contributed by atoms with Crippen molar-refractivity contribution < 1.29 is 9.72 Å². The number of nitrogens with two attached hydrogens (primary N) is 1. The molecule has 1 aromatic carbocycles. The summed E-state index contributed by atoms with van der Waals surface area (Å²) in [6.07, 6.45) is 0. The molecule has 14 heavy (non-hydrogen) atoms. The first-order chi connectivity index (χ1) is 6.43. The molecule has 0 spiro atoms. The molecule has 0 aliphatic heterocycles. The standard InChI is InChI=1S/C7H4Br2N2O3/c8-4-1-3(7(10)12)2-5(6(4)9)11(13)14/h1-2H,(H2,10,12). The Morgan fingerprint density at radius 1 is 1.43 bits per heavy atom. The Kier molecular flexibility index (Phi) is 3.22. The lowest BCUT2D eigenvalue weighted by atomic mass is 10.2. The van der Waals surface area contributed by atoms with Crippen LogP contribution in [0.25, 0.3) is 0 Å². The predicted molar refractivity (Wildman–Crippen MR) is 57.0 cm³/mol. The van der Waals surface area contributed by atoms with E-state index in [1.165, 1.54) is 6.07 Å². The molecule has 7 heteroatoms. The van der Waals surface area contributed by atoms with Crippen LogP contribution >= 0.6 is 31.9 Å². The molecule has 0 bridgehead atoms. The molecule has 0 aliphatic carbocycles. The van der Waals surface area contributed by atoms with E-state index in [9.17, 15) is 14.9 Å². The lowest BCUT2D eigenvalue weighted by Crippen LogP contribution is -2.11. The molecule has 0 saturated carbocycles. The molecular weight excluding hydrogens is 320 g/mol. The van der Waals surface area contributed by atoms with E-state index in [4.69, 9.17) is 5.73 Å². The minimum absolute atomic E-state index is 0.0896. The highest BCUT2D eigenvalue weighted by Gasteiger charge is 2.18. The van der Waals surface area contributed by atoms with Crippen molar-refractivity contribution in [2.45, 2.75) is 0 Å². The molecule has 1 rings (SSSR count). The van der Waals surface area contributed by atoms with Crippen molar-refractivity contribution in [3.8, 4) is 0 Å². The lowest BCUT2D eigenvalue weighted by Gasteiger charge is -2.01. The number of rotatable bonds is 2. The fourth-order valence-electron chi connectivity index (χ4n) is 0.850. The Morgan fingerprint density at radius 2 is 2.00 bits per heavy atom. The molecule has 5 nitrogen and oxygen atoms in total. The fraction of sp³-hybridized carbons (Fsp3) is 0. The van der Waals surface area contributed by atoms with Gasteiger partial charge in [0.25, 0.3) is 5.69 Å². The zero-order chi connectivity index (χ0) is 10.9. The average Bonchev–Trinajstić information content (AvgIpc) is 2.08. The first-order valence-corrected chi connectivity index (χ1v) is 4.95. The highest BCUT2D eigenvalue weighted by Crippen LogP contribution is 2.33. The summed E-state index contributed by atoms with van der Waals surface area (Å²) in [7, 11) is 0. The number of carbonyl (C=O) groups excluding carboxylic acids is 1. The van der Waals surface area contributed by atoms with Gasteiger partial charge in [0.1, 0.15) is 4.47 Å². The van der Waals surface area contributed by atoms with E-state index in [2.05, 4.69) is 31.9 Å². The van der Waals surface area contributed by atoms with Gasteiger partial charge in [-0.05, 0) is 37.9 Å². The summed E-state index contributed by atoms with van der Waals surface area (Å²) in [5.41, 5.74) is 4.89. The van der Waals surface area contributed by atoms with Gasteiger partial charge in [0, 0.05) is 16.1 Å². The highest BCUT2D eigenvalue weighted by atomic mass is 79.9. The Morgan fingerprint density at radius 3 is 2.43 bits per heavy atom. The van der Waals surface area contributed by atoms with Crippen molar-refractivity contribution in [1.29, 1.82) is 0 Å². The number of primary amides is 1. The van der Waals surface area contributed by atoms with Crippen molar-refractivity contribution >= 4 is 43.5 Å². The molecule has 0 saturated heterocycles. The van der Waals surface area contributed by atoms with E-state index in [1.807, 2.05) is 0 Å². The van der Waals surface area contributed by atoms with E-state index in [1.54, 1.807) is 0 Å². The Labute approximate surface area is 95.7 Å². The summed E-state index contributed by atoms with van der Waals surface area (Å²) in [4.78, 5) is 20.8. The Hall–Kier alpha value is -0.950. The van der Waals surface area contributed by atoms with E-state index in [0.717, 1.165) is 6.07 Å². The average molecular weight is 324 g/mol. The summed E-state index contributed by atoms with van der Waals surface area (Å²) in [5, 5.41) is 10.6. The van der Waals surface area contributed by atoms with Crippen molar-refractivity contribution in [1.82, 2.24) is 0 Å². The van der Waals surface area contributed by atoms with Gasteiger partial charge in [0.05, 0.1) is 4.92 Å². The number of halogens is 2. The van der Waals surface area contributed by atoms with Gasteiger partial charge in [0.2, 0.25) is 5.91 Å². The number of benzene rings is 1. The van der Waals surface area contributed by atoms with Gasteiger partial charge >= 0.3 is 0 Å². The van der Waals surface area contributed by atoms with Crippen LogP contribution in [0, 0.1) is 10.1 Å². The minimum Gasteiger partial charge on any atom is -0.366 e. The predicted octanol–water partition coefficient (Wildman–Crippen LogP) is 2.22. The molecule has 0 atom stereocenters. The van der Waals surface area contributed by atoms with Crippen molar-refractivity contribution in [3.05, 3.63) is 36.8 Å². The van der Waals surface area contributed by atoms with E-state index in [0.29, 0.717) is 4.47 Å². The zero-order valence-electron chi connectivity index (χ0n) is 6.66. The van der Waals surface area contributed by atoms with Gasteiger partial charge in [-0.1, -0.05) is 0 Å². The minimum atomic E-state index is -0.707. The van der Waals surface area contributed by atoms with Crippen LogP contribution in [0.15, 0.2) is 21.1 Å². The largest absolute Gasteiger partial charge is 0.366 e. The molecule has 74 valence electrons. The first kappa shape index (κ1) is 11.1. The van der Waals surface area contributed by atoms with Gasteiger partial charge in [-0.3, -0.25) is 14.9 Å². The number of nitro groups is 1. The fourth-order valence-corrected chi connectivity index (χ4v) is 1.67. The number of hydrogen-bond acceptors (Lipinski definition) is 3.